The highest BCUT2D eigenvalue weighted by molar-refractivity contribution is 5.94. The maximum absolute atomic E-state index is 12.3. The zero-order chi connectivity index (χ0) is 19.8. The summed E-state index contributed by atoms with van der Waals surface area (Å²) < 4.78 is 5.17. The van der Waals surface area contributed by atoms with Crippen LogP contribution in [0.5, 0.6) is 5.75 Å². The summed E-state index contributed by atoms with van der Waals surface area (Å²) in [5.41, 5.74) is 1.85. The van der Waals surface area contributed by atoms with Gasteiger partial charge in [-0.25, -0.2) is 4.98 Å². The van der Waals surface area contributed by atoms with Crippen LogP contribution >= 0.6 is 0 Å². The zero-order valence-electron chi connectivity index (χ0n) is 16.9. The summed E-state index contributed by atoms with van der Waals surface area (Å²) in [5.74, 6) is 1.75. The molecule has 6 nitrogen and oxygen atoms in total. The summed E-state index contributed by atoms with van der Waals surface area (Å²) >= 11 is 0. The van der Waals surface area contributed by atoms with E-state index in [4.69, 9.17) is 4.74 Å². The number of nitrogens with one attached hydrogen (secondary N) is 1. The average molecular weight is 383 g/mol. The van der Waals surface area contributed by atoms with Crippen LogP contribution in [-0.2, 0) is 6.42 Å². The van der Waals surface area contributed by atoms with Gasteiger partial charge in [0, 0.05) is 32.4 Å². The van der Waals surface area contributed by atoms with Crippen molar-refractivity contribution in [3.05, 3.63) is 53.7 Å². The van der Waals surface area contributed by atoms with Crippen molar-refractivity contribution >= 4 is 11.7 Å². The summed E-state index contributed by atoms with van der Waals surface area (Å²) in [6.45, 7) is 4.78. The molecule has 0 atom stereocenters. The first kappa shape index (κ1) is 20.1. The van der Waals surface area contributed by atoms with E-state index in [2.05, 4.69) is 39.3 Å². The highest BCUT2D eigenvalue weighted by atomic mass is 16.5. The van der Waals surface area contributed by atoms with Crippen LogP contribution in [0.25, 0.3) is 0 Å². The van der Waals surface area contributed by atoms with Crippen LogP contribution in [0.2, 0.25) is 0 Å². The van der Waals surface area contributed by atoms with E-state index >= 15 is 0 Å². The fraction of sp³-hybridized carbons (Fsp3) is 0.455. The molecule has 1 aromatic heterocycles. The lowest BCUT2D eigenvalue weighted by Gasteiger charge is -2.21. The lowest BCUT2D eigenvalue weighted by Crippen LogP contribution is -2.29. The molecular formula is C22H30N4O2. The molecule has 1 saturated heterocycles. The Morgan fingerprint density at radius 2 is 1.93 bits per heavy atom. The number of aryl methyl sites for hydroxylation is 1. The molecule has 0 saturated carbocycles. The Morgan fingerprint density at radius 3 is 2.64 bits per heavy atom. The fourth-order valence-corrected chi connectivity index (χ4v) is 3.37. The predicted molar refractivity (Wildman–Crippen MR) is 112 cm³/mol. The molecule has 1 fully saturated rings. The third-order valence-corrected chi connectivity index (χ3v) is 5.14. The Labute approximate surface area is 167 Å². The molecule has 2 heterocycles. The molecule has 1 aliphatic rings. The van der Waals surface area contributed by atoms with E-state index in [9.17, 15) is 4.79 Å². The van der Waals surface area contributed by atoms with Crippen LogP contribution in [0.4, 0.5) is 5.82 Å². The molecule has 1 amide bonds. The molecule has 0 radical (unpaired) electrons. The summed E-state index contributed by atoms with van der Waals surface area (Å²) in [5, 5.41) is 2.98. The molecule has 3 rings (SSSR count). The second-order valence-corrected chi connectivity index (χ2v) is 7.26. The number of benzene rings is 1. The molecule has 0 unspecified atom stereocenters. The van der Waals surface area contributed by atoms with E-state index in [1.807, 2.05) is 24.3 Å². The number of anilines is 1. The van der Waals surface area contributed by atoms with Crippen molar-refractivity contribution in [1.29, 1.82) is 0 Å². The Morgan fingerprint density at radius 1 is 1.11 bits per heavy atom. The Bertz CT molecular complexity index is 746. The number of nitrogens with zero attached hydrogens (tertiary/aromatic N) is 3. The normalized spacial score (nSPS) is 15.1. The molecule has 150 valence electrons. The molecule has 0 bridgehead atoms. The number of rotatable bonds is 7. The first-order valence-electron chi connectivity index (χ1n) is 9.96. The van der Waals surface area contributed by atoms with Gasteiger partial charge in [0.25, 0.3) is 5.91 Å². The van der Waals surface area contributed by atoms with Crippen LogP contribution in [0.3, 0.4) is 0 Å². The smallest absolute Gasteiger partial charge is 0.252 e. The lowest BCUT2D eigenvalue weighted by molar-refractivity contribution is 0.0953. The summed E-state index contributed by atoms with van der Waals surface area (Å²) in [4.78, 5) is 21.5. The third-order valence-electron chi connectivity index (χ3n) is 5.14. The van der Waals surface area contributed by atoms with Crippen LogP contribution in [0.1, 0.15) is 28.8 Å². The number of carbonyl (C=O) groups is 1. The molecule has 28 heavy (non-hydrogen) atoms. The van der Waals surface area contributed by atoms with E-state index in [1.165, 1.54) is 5.56 Å². The van der Waals surface area contributed by atoms with Gasteiger partial charge in [0.1, 0.15) is 11.6 Å². The first-order chi connectivity index (χ1) is 13.7. The van der Waals surface area contributed by atoms with Crippen LogP contribution < -0.4 is 15.0 Å². The van der Waals surface area contributed by atoms with Crippen molar-refractivity contribution in [2.75, 3.05) is 51.8 Å². The number of hydrogen-bond acceptors (Lipinski definition) is 5. The van der Waals surface area contributed by atoms with E-state index in [0.717, 1.165) is 57.0 Å². The topological polar surface area (TPSA) is 57.7 Å². The van der Waals surface area contributed by atoms with Gasteiger partial charge in [0.2, 0.25) is 0 Å². The zero-order valence-corrected chi connectivity index (χ0v) is 16.9. The van der Waals surface area contributed by atoms with Gasteiger partial charge in [0.15, 0.2) is 0 Å². The van der Waals surface area contributed by atoms with Crippen molar-refractivity contribution < 1.29 is 9.53 Å². The second kappa shape index (κ2) is 10.1. The van der Waals surface area contributed by atoms with E-state index in [1.54, 1.807) is 13.3 Å². The van der Waals surface area contributed by atoms with Crippen molar-refractivity contribution in [3.8, 4) is 5.75 Å². The summed E-state index contributed by atoms with van der Waals surface area (Å²) in [7, 11) is 3.82. The number of methoxy groups -OCH3 is 1. The third kappa shape index (κ3) is 5.70. The van der Waals surface area contributed by atoms with Gasteiger partial charge >= 0.3 is 0 Å². The monoisotopic (exact) mass is 382 g/mol. The number of hydrogen-bond donors (Lipinski definition) is 1. The number of ether oxygens (including phenoxy) is 1. The van der Waals surface area contributed by atoms with Gasteiger partial charge in [-0.1, -0.05) is 12.1 Å². The average Bonchev–Trinajstić information content (AvgIpc) is 2.96. The van der Waals surface area contributed by atoms with E-state index in [-0.39, 0.29) is 5.91 Å². The van der Waals surface area contributed by atoms with Gasteiger partial charge < -0.3 is 19.9 Å². The first-order valence-corrected chi connectivity index (χ1v) is 9.96. The SMILES string of the molecule is COc1ccc(CCCNC(=O)c2ccc(N3CCCN(C)CC3)nc2)cc1. The summed E-state index contributed by atoms with van der Waals surface area (Å²) in [6, 6.07) is 11.9. The number of likely N-dealkylation sites (N-methyl/N-ethyl adjacent to an activating group) is 1. The van der Waals surface area contributed by atoms with Crippen LogP contribution in [0.15, 0.2) is 42.6 Å². The molecule has 6 heteroatoms. The maximum atomic E-state index is 12.3. The van der Waals surface area contributed by atoms with Gasteiger partial charge in [-0.3, -0.25) is 4.79 Å². The van der Waals surface area contributed by atoms with Gasteiger partial charge in [-0.2, -0.15) is 0 Å². The van der Waals surface area contributed by atoms with Crippen LogP contribution in [0, 0.1) is 0 Å². The summed E-state index contributed by atoms with van der Waals surface area (Å²) in [6.07, 6.45) is 4.63. The molecule has 0 aliphatic carbocycles. The quantitative estimate of drug-likeness (QED) is 0.746. The van der Waals surface area contributed by atoms with Crippen molar-refractivity contribution in [3.63, 3.8) is 0 Å². The van der Waals surface area contributed by atoms with E-state index < -0.39 is 0 Å². The molecule has 1 aliphatic heterocycles. The van der Waals surface area contributed by atoms with Crippen LogP contribution in [-0.4, -0.2) is 62.7 Å². The molecular weight excluding hydrogens is 352 g/mol. The standard InChI is InChI=1S/C22H30N4O2/c1-25-13-4-14-26(16-15-25)21-11-8-19(17-24-21)22(27)23-12-3-5-18-6-9-20(28-2)10-7-18/h6-11,17H,3-5,12-16H2,1-2H3,(H,23,27). The largest absolute Gasteiger partial charge is 0.497 e. The number of pyridine rings is 1. The van der Waals surface area contributed by atoms with Gasteiger partial charge in [0.05, 0.1) is 12.7 Å². The van der Waals surface area contributed by atoms with Crippen molar-refractivity contribution in [2.24, 2.45) is 0 Å². The predicted octanol–water partition coefficient (Wildman–Crippen LogP) is 2.59. The Balaban J connectivity index is 1.43. The highest BCUT2D eigenvalue weighted by Gasteiger charge is 2.14. The van der Waals surface area contributed by atoms with Gasteiger partial charge in [-0.05, 0) is 62.7 Å². The maximum Gasteiger partial charge on any atom is 0.252 e. The van der Waals surface area contributed by atoms with E-state index in [0.29, 0.717) is 12.1 Å². The van der Waals surface area contributed by atoms with Gasteiger partial charge in [-0.15, -0.1) is 0 Å². The minimum absolute atomic E-state index is 0.0654. The minimum atomic E-state index is -0.0654. The highest BCUT2D eigenvalue weighted by Crippen LogP contribution is 2.14. The molecule has 2 aromatic rings. The number of carbonyl (C=O) groups excluding carboxylic acids is 1. The Hall–Kier alpha value is -2.60. The fourth-order valence-electron chi connectivity index (χ4n) is 3.37. The number of amides is 1. The van der Waals surface area contributed by atoms with Crippen molar-refractivity contribution in [2.45, 2.75) is 19.3 Å². The second-order valence-electron chi connectivity index (χ2n) is 7.26. The van der Waals surface area contributed by atoms with Crippen molar-refractivity contribution in [1.82, 2.24) is 15.2 Å². The molecule has 1 aromatic carbocycles. The number of aromatic nitrogens is 1. The molecule has 0 spiro atoms. The minimum Gasteiger partial charge on any atom is -0.497 e. The Kier molecular flexibility index (Phi) is 7.25. The molecule has 1 N–H and O–H groups in total. The lowest BCUT2D eigenvalue weighted by atomic mass is 10.1.